The van der Waals surface area contributed by atoms with Gasteiger partial charge in [-0.05, 0) is 39.0 Å². The van der Waals surface area contributed by atoms with Crippen LogP contribution in [0.2, 0.25) is 0 Å². The third-order valence-electron chi connectivity index (χ3n) is 4.99. The highest BCUT2D eigenvalue weighted by Gasteiger charge is 2.38. The Morgan fingerprint density at radius 1 is 0.969 bits per heavy atom. The summed E-state index contributed by atoms with van der Waals surface area (Å²) in [7, 11) is 0. The molecule has 3 rings (SSSR count). The molecule has 2 aliphatic rings. The summed E-state index contributed by atoms with van der Waals surface area (Å²) in [5.41, 5.74) is -0.112. The number of carbonyl (C=O) groups is 5. The number of carbonyl (C=O) groups excluding carboxylic acids is 5. The minimum atomic E-state index is -0.673. The van der Waals surface area contributed by atoms with Gasteiger partial charge in [0.15, 0.2) is 0 Å². The number of fused-ring (bicyclic) bond motifs is 1. The van der Waals surface area contributed by atoms with Gasteiger partial charge < -0.3 is 19.9 Å². The number of nitrogens with zero attached hydrogens (tertiary/aromatic N) is 3. The van der Waals surface area contributed by atoms with E-state index in [2.05, 4.69) is 21.2 Å². The number of hydrogen-bond acceptors (Lipinski definition) is 6. The standard InChI is InChI=1S/C21H25BrN4O6/c1-21(2,3)32-20(31)23-11-16(27)24-6-8-25(9-7-24)17(28)12-26-18(29)14-5-4-13(22)10-15(14)19(26)30/h4-5,10H,6-9,11-12H2,1-3H3,(H,23,31). The number of halogens is 1. The zero-order valence-corrected chi connectivity index (χ0v) is 19.7. The van der Waals surface area contributed by atoms with Crippen LogP contribution in [0.3, 0.4) is 0 Å². The van der Waals surface area contributed by atoms with Gasteiger partial charge in [0, 0.05) is 30.7 Å². The minimum Gasteiger partial charge on any atom is -0.444 e. The number of rotatable bonds is 4. The maximum Gasteiger partial charge on any atom is 0.408 e. The number of hydrogen-bond donors (Lipinski definition) is 1. The number of nitrogens with one attached hydrogen (secondary N) is 1. The maximum absolute atomic E-state index is 12.7. The summed E-state index contributed by atoms with van der Waals surface area (Å²) in [6.45, 7) is 5.75. The number of ether oxygens (including phenoxy) is 1. The number of alkyl carbamates (subject to hydrolysis) is 1. The van der Waals surface area contributed by atoms with Gasteiger partial charge in [0.1, 0.15) is 18.7 Å². The minimum absolute atomic E-state index is 0.201. The lowest BCUT2D eigenvalue weighted by atomic mass is 10.1. The molecule has 0 unspecified atom stereocenters. The molecule has 0 spiro atoms. The van der Waals surface area contributed by atoms with Crippen molar-refractivity contribution in [1.82, 2.24) is 20.0 Å². The normalized spacial score (nSPS) is 16.2. The van der Waals surface area contributed by atoms with E-state index >= 15 is 0 Å². The van der Waals surface area contributed by atoms with Crippen molar-refractivity contribution in [2.45, 2.75) is 26.4 Å². The number of imide groups is 1. The molecule has 2 heterocycles. The first-order valence-electron chi connectivity index (χ1n) is 10.1. The average Bonchev–Trinajstić information content (AvgIpc) is 2.95. The number of benzene rings is 1. The lowest BCUT2D eigenvalue weighted by Gasteiger charge is -2.35. The van der Waals surface area contributed by atoms with Gasteiger partial charge >= 0.3 is 6.09 Å². The van der Waals surface area contributed by atoms with Crippen molar-refractivity contribution in [1.29, 1.82) is 0 Å². The van der Waals surface area contributed by atoms with E-state index in [0.717, 1.165) is 4.90 Å². The summed E-state index contributed by atoms with van der Waals surface area (Å²) >= 11 is 3.27. The zero-order chi connectivity index (χ0) is 23.6. The molecule has 5 amide bonds. The Kier molecular flexibility index (Phi) is 6.87. The van der Waals surface area contributed by atoms with Gasteiger partial charge in [-0.1, -0.05) is 15.9 Å². The summed E-state index contributed by atoms with van der Waals surface area (Å²) in [5, 5.41) is 2.42. The molecule has 1 saturated heterocycles. The van der Waals surface area contributed by atoms with Gasteiger partial charge in [-0.2, -0.15) is 0 Å². The van der Waals surface area contributed by atoms with Crippen LogP contribution in [-0.2, 0) is 14.3 Å². The highest BCUT2D eigenvalue weighted by molar-refractivity contribution is 9.10. The average molecular weight is 509 g/mol. The molecule has 32 heavy (non-hydrogen) atoms. The van der Waals surface area contributed by atoms with Crippen LogP contribution in [0.5, 0.6) is 0 Å². The van der Waals surface area contributed by atoms with E-state index in [0.29, 0.717) is 4.47 Å². The first-order chi connectivity index (χ1) is 15.0. The van der Waals surface area contributed by atoms with E-state index in [9.17, 15) is 24.0 Å². The predicted molar refractivity (Wildman–Crippen MR) is 117 cm³/mol. The molecule has 11 heteroatoms. The van der Waals surface area contributed by atoms with Crippen molar-refractivity contribution in [2.75, 3.05) is 39.3 Å². The topological polar surface area (TPSA) is 116 Å². The van der Waals surface area contributed by atoms with Crippen LogP contribution in [0.15, 0.2) is 22.7 Å². The van der Waals surface area contributed by atoms with Crippen LogP contribution >= 0.6 is 15.9 Å². The van der Waals surface area contributed by atoms with Gasteiger partial charge in [0.25, 0.3) is 11.8 Å². The molecular weight excluding hydrogens is 484 g/mol. The van der Waals surface area contributed by atoms with Crippen molar-refractivity contribution < 1.29 is 28.7 Å². The van der Waals surface area contributed by atoms with E-state index in [1.165, 1.54) is 4.90 Å². The fraction of sp³-hybridized carbons (Fsp3) is 0.476. The molecule has 0 atom stereocenters. The van der Waals surface area contributed by atoms with Crippen LogP contribution in [0, 0.1) is 0 Å². The van der Waals surface area contributed by atoms with Crippen LogP contribution in [0.1, 0.15) is 41.5 Å². The first-order valence-corrected chi connectivity index (χ1v) is 10.9. The van der Waals surface area contributed by atoms with Crippen LogP contribution < -0.4 is 5.32 Å². The van der Waals surface area contributed by atoms with Crippen molar-refractivity contribution in [2.24, 2.45) is 0 Å². The quantitative estimate of drug-likeness (QED) is 0.611. The van der Waals surface area contributed by atoms with Gasteiger partial charge in [-0.3, -0.25) is 24.1 Å². The summed E-state index contributed by atoms with van der Waals surface area (Å²) in [6.07, 6.45) is -0.673. The molecular formula is C21H25BrN4O6. The molecule has 172 valence electrons. The van der Waals surface area contributed by atoms with Gasteiger partial charge in [0.2, 0.25) is 11.8 Å². The Morgan fingerprint density at radius 3 is 2.12 bits per heavy atom. The predicted octanol–water partition coefficient (Wildman–Crippen LogP) is 1.24. The monoisotopic (exact) mass is 508 g/mol. The van der Waals surface area contributed by atoms with E-state index in [-0.39, 0.29) is 62.2 Å². The Labute approximate surface area is 194 Å². The smallest absolute Gasteiger partial charge is 0.408 e. The molecule has 0 saturated carbocycles. The highest BCUT2D eigenvalue weighted by Crippen LogP contribution is 2.26. The fourth-order valence-electron chi connectivity index (χ4n) is 3.42. The third-order valence-corrected chi connectivity index (χ3v) is 5.49. The molecule has 2 aliphatic heterocycles. The summed E-state index contributed by atoms with van der Waals surface area (Å²) in [6, 6.07) is 4.79. The Bertz CT molecular complexity index is 966. The SMILES string of the molecule is CC(C)(C)OC(=O)NCC(=O)N1CCN(C(=O)CN2C(=O)c3ccc(Br)cc3C2=O)CC1. The largest absolute Gasteiger partial charge is 0.444 e. The lowest BCUT2D eigenvalue weighted by molar-refractivity contribution is -0.139. The van der Waals surface area contributed by atoms with Crippen molar-refractivity contribution in [3.8, 4) is 0 Å². The van der Waals surface area contributed by atoms with Crippen molar-refractivity contribution in [3.63, 3.8) is 0 Å². The summed E-state index contributed by atoms with van der Waals surface area (Å²) < 4.78 is 5.77. The van der Waals surface area contributed by atoms with E-state index in [1.807, 2.05) is 0 Å². The fourth-order valence-corrected chi connectivity index (χ4v) is 3.78. The molecule has 1 aromatic carbocycles. The van der Waals surface area contributed by atoms with E-state index < -0.39 is 23.5 Å². The highest BCUT2D eigenvalue weighted by atomic mass is 79.9. The molecule has 0 aliphatic carbocycles. The third kappa shape index (κ3) is 5.45. The molecule has 1 aromatic rings. The Morgan fingerprint density at radius 2 is 1.53 bits per heavy atom. The maximum atomic E-state index is 12.7. The Balaban J connectivity index is 1.48. The molecule has 1 fully saturated rings. The second kappa shape index (κ2) is 9.27. The molecule has 0 aromatic heterocycles. The van der Waals surface area contributed by atoms with Crippen LogP contribution in [0.4, 0.5) is 4.79 Å². The second-order valence-corrected chi connectivity index (χ2v) is 9.42. The molecule has 10 nitrogen and oxygen atoms in total. The second-order valence-electron chi connectivity index (χ2n) is 8.50. The summed E-state index contributed by atoms with van der Waals surface area (Å²) in [5.74, 6) is -1.64. The number of amides is 5. The summed E-state index contributed by atoms with van der Waals surface area (Å²) in [4.78, 5) is 65.7. The first kappa shape index (κ1) is 23.7. The molecule has 0 bridgehead atoms. The van der Waals surface area contributed by atoms with Crippen molar-refractivity contribution in [3.05, 3.63) is 33.8 Å². The van der Waals surface area contributed by atoms with Gasteiger partial charge in [-0.15, -0.1) is 0 Å². The molecule has 0 radical (unpaired) electrons. The van der Waals surface area contributed by atoms with E-state index in [4.69, 9.17) is 4.74 Å². The van der Waals surface area contributed by atoms with Gasteiger partial charge in [0.05, 0.1) is 11.1 Å². The number of piperazine rings is 1. The van der Waals surface area contributed by atoms with Crippen molar-refractivity contribution >= 4 is 45.7 Å². The zero-order valence-electron chi connectivity index (χ0n) is 18.1. The Hall–Kier alpha value is -2.95. The lowest BCUT2D eigenvalue weighted by Crippen LogP contribution is -2.54. The van der Waals surface area contributed by atoms with Crippen LogP contribution in [0.25, 0.3) is 0 Å². The molecule has 1 N–H and O–H groups in total. The van der Waals surface area contributed by atoms with E-state index in [1.54, 1.807) is 43.9 Å². The van der Waals surface area contributed by atoms with Crippen LogP contribution in [-0.4, -0.2) is 89.3 Å². The van der Waals surface area contributed by atoms with Gasteiger partial charge in [-0.25, -0.2) is 4.79 Å².